The average Bonchev–Trinajstić information content (AvgIpc) is 2.75. The molecule has 3 N–H and O–H groups in total. The zero-order chi connectivity index (χ0) is 15.2. The number of rotatable bonds is 5. The van der Waals surface area contributed by atoms with E-state index in [1.807, 2.05) is 32.0 Å². The van der Waals surface area contributed by atoms with Crippen molar-refractivity contribution >= 4 is 18.3 Å². The zero-order valence-electron chi connectivity index (χ0n) is 13.1. The SMILES string of the molecule is CCC(C)C(N)C(=O)NCc1ccc2c(c1)OCCCO2.Cl. The summed E-state index contributed by atoms with van der Waals surface area (Å²) >= 11 is 0. The fourth-order valence-electron chi connectivity index (χ4n) is 2.14. The van der Waals surface area contributed by atoms with Crippen LogP contribution in [0.3, 0.4) is 0 Å². The summed E-state index contributed by atoms with van der Waals surface area (Å²) in [7, 11) is 0. The fourth-order valence-corrected chi connectivity index (χ4v) is 2.14. The number of hydrogen-bond acceptors (Lipinski definition) is 4. The maximum atomic E-state index is 12.0. The first-order valence-electron chi connectivity index (χ1n) is 7.53. The van der Waals surface area contributed by atoms with Crippen molar-refractivity contribution in [1.29, 1.82) is 0 Å². The van der Waals surface area contributed by atoms with Crippen LogP contribution >= 0.6 is 12.4 Å². The van der Waals surface area contributed by atoms with E-state index in [0.29, 0.717) is 19.8 Å². The van der Waals surface area contributed by atoms with E-state index in [2.05, 4.69) is 5.32 Å². The summed E-state index contributed by atoms with van der Waals surface area (Å²) in [4.78, 5) is 12.0. The van der Waals surface area contributed by atoms with Gasteiger partial charge in [-0.3, -0.25) is 4.79 Å². The smallest absolute Gasteiger partial charge is 0.237 e. The van der Waals surface area contributed by atoms with Crippen LogP contribution in [0.25, 0.3) is 0 Å². The maximum absolute atomic E-state index is 12.0. The number of halogens is 1. The summed E-state index contributed by atoms with van der Waals surface area (Å²) in [5, 5.41) is 2.88. The van der Waals surface area contributed by atoms with Gasteiger partial charge in [0.15, 0.2) is 11.5 Å². The number of carbonyl (C=O) groups excluding carboxylic acids is 1. The summed E-state index contributed by atoms with van der Waals surface area (Å²) in [6, 6.07) is 5.27. The summed E-state index contributed by atoms with van der Waals surface area (Å²) in [5.74, 6) is 1.56. The molecule has 6 heteroatoms. The Morgan fingerprint density at radius 3 is 2.68 bits per heavy atom. The molecule has 1 aromatic rings. The van der Waals surface area contributed by atoms with Gasteiger partial charge in [0, 0.05) is 13.0 Å². The minimum Gasteiger partial charge on any atom is -0.490 e. The molecule has 2 unspecified atom stereocenters. The zero-order valence-corrected chi connectivity index (χ0v) is 13.9. The van der Waals surface area contributed by atoms with Gasteiger partial charge in [-0.15, -0.1) is 12.4 Å². The van der Waals surface area contributed by atoms with Crippen LogP contribution < -0.4 is 20.5 Å². The normalized spacial score (nSPS) is 16.0. The van der Waals surface area contributed by atoms with Gasteiger partial charge in [-0.1, -0.05) is 26.3 Å². The van der Waals surface area contributed by atoms with Gasteiger partial charge in [-0.2, -0.15) is 0 Å². The minimum atomic E-state index is -0.463. The predicted molar refractivity (Wildman–Crippen MR) is 88.6 cm³/mol. The largest absolute Gasteiger partial charge is 0.490 e. The Hall–Kier alpha value is -1.46. The summed E-state index contributed by atoms with van der Waals surface area (Å²) in [6.45, 7) is 5.79. The molecular weight excluding hydrogens is 304 g/mol. The molecule has 5 nitrogen and oxygen atoms in total. The molecule has 0 spiro atoms. The van der Waals surface area contributed by atoms with Crippen molar-refractivity contribution in [2.75, 3.05) is 13.2 Å². The Labute approximate surface area is 138 Å². The van der Waals surface area contributed by atoms with Crippen molar-refractivity contribution in [3.63, 3.8) is 0 Å². The molecular formula is C16H25ClN2O3. The van der Waals surface area contributed by atoms with Gasteiger partial charge < -0.3 is 20.5 Å². The van der Waals surface area contributed by atoms with Crippen LogP contribution in [0.4, 0.5) is 0 Å². The van der Waals surface area contributed by atoms with E-state index >= 15 is 0 Å². The summed E-state index contributed by atoms with van der Waals surface area (Å²) in [6.07, 6.45) is 1.77. The third-order valence-electron chi connectivity index (χ3n) is 3.84. The van der Waals surface area contributed by atoms with E-state index in [0.717, 1.165) is 29.9 Å². The third-order valence-corrected chi connectivity index (χ3v) is 3.84. The minimum absolute atomic E-state index is 0. The maximum Gasteiger partial charge on any atom is 0.237 e. The van der Waals surface area contributed by atoms with Crippen LogP contribution in [0.1, 0.15) is 32.3 Å². The van der Waals surface area contributed by atoms with Gasteiger partial charge in [0.25, 0.3) is 0 Å². The van der Waals surface area contributed by atoms with Gasteiger partial charge in [-0.05, 0) is 23.6 Å². The van der Waals surface area contributed by atoms with Gasteiger partial charge >= 0.3 is 0 Å². The molecule has 0 saturated heterocycles. The Balaban J connectivity index is 0.00000242. The standard InChI is InChI=1S/C16H24N2O3.ClH/c1-3-11(2)15(17)16(19)18-10-12-5-6-13-14(9-12)21-8-4-7-20-13;/h5-6,9,11,15H,3-4,7-8,10,17H2,1-2H3,(H,18,19);1H. The van der Waals surface area contributed by atoms with Gasteiger partial charge in [-0.25, -0.2) is 0 Å². The first-order chi connectivity index (χ1) is 10.1. The highest BCUT2D eigenvalue weighted by atomic mass is 35.5. The third kappa shape index (κ3) is 4.78. The monoisotopic (exact) mass is 328 g/mol. The number of carbonyl (C=O) groups is 1. The molecule has 0 fully saturated rings. The summed E-state index contributed by atoms with van der Waals surface area (Å²) in [5.41, 5.74) is 6.89. The molecule has 0 bridgehead atoms. The van der Waals surface area contributed by atoms with Crippen molar-refractivity contribution in [3.8, 4) is 11.5 Å². The Kier molecular flexibility index (Phi) is 7.48. The molecule has 0 aromatic heterocycles. The lowest BCUT2D eigenvalue weighted by Gasteiger charge is -2.18. The average molecular weight is 329 g/mol. The first-order valence-corrected chi connectivity index (χ1v) is 7.53. The van der Waals surface area contributed by atoms with E-state index in [1.165, 1.54) is 0 Å². The lowest BCUT2D eigenvalue weighted by atomic mass is 9.99. The van der Waals surface area contributed by atoms with Crippen molar-refractivity contribution < 1.29 is 14.3 Å². The topological polar surface area (TPSA) is 73.6 Å². The number of nitrogens with two attached hydrogens (primary N) is 1. The quantitative estimate of drug-likeness (QED) is 0.869. The number of hydrogen-bond donors (Lipinski definition) is 2. The number of amides is 1. The molecule has 22 heavy (non-hydrogen) atoms. The highest BCUT2D eigenvalue weighted by molar-refractivity contribution is 5.85. The van der Waals surface area contributed by atoms with Crippen molar-refractivity contribution in [2.24, 2.45) is 11.7 Å². The highest BCUT2D eigenvalue weighted by Gasteiger charge is 2.19. The molecule has 2 rings (SSSR count). The number of benzene rings is 1. The second-order valence-electron chi connectivity index (χ2n) is 5.46. The van der Waals surface area contributed by atoms with Crippen LogP contribution in [-0.4, -0.2) is 25.2 Å². The second-order valence-corrected chi connectivity index (χ2v) is 5.46. The van der Waals surface area contributed by atoms with E-state index < -0.39 is 6.04 Å². The van der Waals surface area contributed by atoms with Crippen molar-refractivity contribution in [3.05, 3.63) is 23.8 Å². The summed E-state index contributed by atoms with van der Waals surface area (Å²) < 4.78 is 11.2. The molecule has 1 aromatic carbocycles. The molecule has 1 aliphatic rings. The lowest BCUT2D eigenvalue weighted by molar-refractivity contribution is -0.123. The number of ether oxygens (including phenoxy) is 2. The van der Waals surface area contributed by atoms with Crippen LogP contribution in [0, 0.1) is 5.92 Å². The molecule has 1 heterocycles. The number of fused-ring (bicyclic) bond motifs is 1. The Bertz CT molecular complexity index is 496. The number of nitrogens with one attached hydrogen (secondary N) is 1. The molecule has 1 aliphatic heterocycles. The van der Waals surface area contributed by atoms with Crippen LogP contribution in [0.5, 0.6) is 11.5 Å². The fraction of sp³-hybridized carbons (Fsp3) is 0.562. The van der Waals surface area contributed by atoms with E-state index in [4.69, 9.17) is 15.2 Å². The van der Waals surface area contributed by atoms with Crippen LogP contribution in [0.2, 0.25) is 0 Å². The van der Waals surface area contributed by atoms with Crippen molar-refractivity contribution in [2.45, 2.75) is 39.3 Å². The van der Waals surface area contributed by atoms with E-state index in [-0.39, 0.29) is 24.2 Å². The molecule has 2 atom stereocenters. The van der Waals surface area contributed by atoms with Crippen molar-refractivity contribution in [1.82, 2.24) is 5.32 Å². The molecule has 0 saturated carbocycles. The van der Waals surface area contributed by atoms with E-state index in [1.54, 1.807) is 0 Å². The molecule has 0 aliphatic carbocycles. The predicted octanol–water partition coefficient (Wildman–Crippen LogP) is 2.26. The van der Waals surface area contributed by atoms with Crippen LogP contribution in [-0.2, 0) is 11.3 Å². The van der Waals surface area contributed by atoms with Gasteiger partial charge in [0.05, 0.1) is 19.3 Å². The molecule has 1 amide bonds. The van der Waals surface area contributed by atoms with Crippen LogP contribution in [0.15, 0.2) is 18.2 Å². The Morgan fingerprint density at radius 2 is 2.00 bits per heavy atom. The molecule has 0 radical (unpaired) electrons. The van der Waals surface area contributed by atoms with E-state index in [9.17, 15) is 4.79 Å². The van der Waals surface area contributed by atoms with Gasteiger partial charge in [0.1, 0.15) is 0 Å². The first kappa shape index (κ1) is 18.6. The molecule has 124 valence electrons. The lowest BCUT2D eigenvalue weighted by Crippen LogP contribution is -2.44. The Morgan fingerprint density at radius 1 is 1.32 bits per heavy atom. The highest BCUT2D eigenvalue weighted by Crippen LogP contribution is 2.30. The van der Waals surface area contributed by atoms with Gasteiger partial charge in [0.2, 0.25) is 5.91 Å². The second kappa shape index (κ2) is 8.86.